The van der Waals surface area contributed by atoms with Gasteiger partial charge in [0.25, 0.3) is 5.91 Å². The molecular weight excluding hydrogens is 409 g/mol. The number of hydrogen-bond donors (Lipinski definition) is 0. The molecule has 0 bridgehead atoms. The fourth-order valence-corrected chi connectivity index (χ4v) is 4.25. The summed E-state index contributed by atoms with van der Waals surface area (Å²) in [5, 5.41) is 0.634. The van der Waals surface area contributed by atoms with Crippen LogP contribution < -0.4 is 9.64 Å². The Morgan fingerprint density at radius 1 is 1.23 bits per heavy atom. The molecule has 3 rings (SSSR count). The first kappa shape index (κ1) is 18.8. The van der Waals surface area contributed by atoms with Crippen LogP contribution in [0, 0.1) is 12.3 Å². The number of terminal acetylenes is 1. The van der Waals surface area contributed by atoms with Crippen LogP contribution in [-0.4, -0.2) is 16.8 Å². The average molecular weight is 420 g/mol. The number of carbonyl (C=O) groups excluding carboxylic acids is 1. The normalized spacial score (nSPS) is 15.4. The maximum atomic E-state index is 12.7. The van der Waals surface area contributed by atoms with Crippen LogP contribution in [0.4, 0.5) is 5.69 Å². The van der Waals surface area contributed by atoms with Crippen molar-refractivity contribution in [3.05, 3.63) is 63.0 Å². The molecule has 1 heterocycles. The van der Waals surface area contributed by atoms with E-state index >= 15 is 0 Å². The molecule has 1 aliphatic rings. The number of rotatable bonds is 4. The first-order chi connectivity index (χ1) is 12.5. The molecule has 2 aromatic carbocycles. The molecule has 0 radical (unpaired) electrons. The van der Waals surface area contributed by atoms with Gasteiger partial charge in [-0.3, -0.25) is 9.69 Å². The molecule has 0 saturated carbocycles. The zero-order chi connectivity index (χ0) is 18.7. The molecule has 0 aromatic heterocycles. The van der Waals surface area contributed by atoms with Crippen molar-refractivity contribution in [2.45, 2.75) is 0 Å². The van der Waals surface area contributed by atoms with Gasteiger partial charge >= 0.3 is 0 Å². The number of thioether (sulfide) groups is 1. The standard InChI is InChI=1S/C19H11Cl2NO2S2/c1-2-8-24-17-14(20)9-12(10-15(17)21)11-16-18(23)22(19(25)26-16)13-6-4-3-5-7-13/h1,3-7,9-11H,8H2/b16-11+. The van der Waals surface area contributed by atoms with Crippen LogP contribution in [0.15, 0.2) is 47.4 Å². The number of anilines is 1. The fourth-order valence-electron chi connectivity index (χ4n) is 2.33. The number of nitrogens with zero attached hydrogens (tertiary/aromatic N) is 1. The Morgan fingerprint density at radius 3 is 2.50 bits per heavy atom. The Morgan fingerprint density at radius 2 is 1.88 bits per heavy atom. The first-order valence-electron chi connectivity index (χ1n) is 7.39. The van der Waals surface area contributed by atoms with Gasteiger partial charge < -0.3 is 4.74 Å². The van der Waals surface area contributed by atoms with Gasteiger partial charge in [0.2, 0.25) is 0 Å². The SMILES string of the molecule is C#CCOc1c(Cl)cc(/C=C2/SC(=S)N(c3ccccc3)C2=O)cc1Cl. The minimum absolute atomic E-state index is 0.0640. The Labute approximate surface area is 170 Å². The topological polar surface area (TPSA) is 29.5 Å². The van der Waals surface area contributed by atoms with Gasteiger partial charge in [-0.25, -0.2) is 0 Å². The molecule has 1 amide bonds. The number of thiocarbonyl (C=S) groups is 1. The lowest BCUT2D eigenvalue weighted by Gasteiger charge is -2.13. The van der Waals surface area contributed by atoms with E-state index in [1.165, 1.54) is 16.7 Å². The summed E-state index contributed by atoms with van der Waals surface area (Å²) in [6.07, 6.45) is 6.88. The van der Waals surface area contributed by atoms with E-state index in [0.29, 0.717) is 30.6 Å². The highest BCUT2D eigenvalue weighted by atomic mass is 35.5. The summed E-state index contributed by atoms with van der Waals surface area (Å²) in [5.41, 5.74) is 1.40. The fraction of sp³-hybridized carbons (Fsp3) is 0.0526. The number of benzene rings is 2. The Kier molecular flexibility index (Phi) is 5.90. The first-order valence-corrected chi connectivity index (χ1v) is 9.37. The maximum Gasteiger partial charge on any atom is 0.270 e. The zero-order valence-corrected chi connectivity index (χ0v) is 16.4. The van der Waals surface area contributed by atoms with Crippen molar-refractivity contribution in [2.24, 2.45) is 0 Å². The maximum absolute atomic E-state index is 12.7. The van der Waals surface area contributed by atoms with Crippen molar-refractivity contribution in [1.82, 2.24) is 0 Å². The Hall–Kier alpha value is -1.97. The van der Waals surface area contributed by atoms with E-state index in [1.807, 2.05) is 30.3 Å². The largest absolute Gasteiger partial charge is 0.478 e. The van der Waals surface area contributed by atoms with Crippen LogP contribution in [-0.2, 0) is 4.79 Å². The predicted molar refractivity (Wildman–Crippen MR) is 113 cm³/mol. The van der Waals surface area contributed by atoms with Gasteiger partial charge in [-0.1, -0.05) is 71.3 Å². The van der Waals surface area contributed by atoms with Crippen molar-refractivity contribution < 1.29 is 9.53 Å². The Bertz CT molecular complexity index is 929. The molecule has 0 atom stereocenters. The molecular formula is C19H11Cl2NO2S2. The predicted octanol–water partition coefficient (Wildman–Crippen LogP) is 5.41. The Balaban J connectivity index is 1.90. The summed E-state index contributed by atoms with van der Waals surface area (Å²) in [6, 6.07) is 12.6. The lowest BCUT2D eigenvalue weighted by Crippen LogP contribution is -2.27. The number of ether oxygens (including phenoxy) is 1. The van der Waals surface area contributed by atoms with Gasteiger partial charge in [0.05, 0.1) is 20.6 Å². The molecule has 2 aromatic rings. The zero-order valence-electron chi connectivity index (χ0n) is 13.2. The highest BCUT2D eigenvalue weighted by Crippen LogP contribution is 2.38. The number of amides is 1. The summed E-state index contributed by atoms with van der Waals surface area (Å²) >= 11 is 19.0. The second-order valence-corrected chi connectivity index (χ2v) is 7.65. The van der Waals surface area contributed by atoms with E-state index in [0.717, 1.165) is 5.69 Å². The molecule has 7 heteroatoms. The molecule has 1 fully saturated rings. The molecule has 0 unspecified atom stereocenters. The van der Waals surface area contributed by atoms with Crippen molar-refractivity contribution >= 4 is 69.2 Å². The summed E-state index contributed by atoms with van der Waals surface area (Å²) < 4.78 is 5.80. The van der Waals surface area contributed by atoms with Gasteiger partial charge in [0, 0.05) is 0 Å². The van der Waals surface area contributed by atoms with E-state index in [2.05, 4.69) is 5.92 Å². The van der Waals surface area contributed by atoms with Gasteiger partial charge in [0.15, 0.2) is 10.1 Å². The molecule has 26 heavy (non-hydrogen) atoms. The van der Waals surface area contributed by atoms with Crippen LogP contribution in [0.25, 0.3) is 6.08 Å². The highest BCUT2D eigenvalue weighted by molar-refractivity contribution is 8.27. The minimum Gasteiger partial charge on any atom is -0.478 e. The van der Waals surface area contributed by atoms with E-state index in [9.17, 15) is 4.79 Å². The van der Waals surface area contributed by atoms with Crippen LogP contribution in [0.3, 0.4) is 0 Å². The second kappa shape index (κ2) is 8.15. The molecule has 1 saturated heterocycles. The highest BCUT2D eigenvalue weighted by Gasteiger charge is 2.33. The molecule has 0 aliphatic carbocycles. The van der Waals surface area contributed by atoms with Gasteiger partial charge in [-0.15, -0.1) is 6.42 Å². The average Bonchev–Trinajstić information content (AvgIpc) is 2.88. The summed E-state index contributed by atoms with van der Waals surface area (Å²) in [4.78, 5) is 14.7. The van der Waals surface area contributed by atoms with E-state index < -0.39 is 0 Å². The number of para-hydroxylation sites is 1. The van der Waals surface area contributed by atoms with Crippen molar-refractivity contribution in [1.29, 1.82) is 0 Å². The number of hydrogen-bond acceptors (Lipinski definition) is 4. The lowest BCUT2D eigenvalue weighted by atomic mass is 10.2. The molecule has 0 spiro atoms. The smallest absolute Gasteiger partial charge is 0.270 e. The summed E-state index contributed by atoms with van der Waals surface area (Å²) in [6.45, 7) is 0.0640. The number of halogens is 2. The number of carbonyl (C=O) groups is 1. The van der Waals surface area contributed by atoms with Gasteiger partial charge in [-0.05, 0) is 35.9 Å². The third-order valence-corrected chi connectivity index (χ3v) is 5.29. The van der Waals surface area contributed by atoms with Crippen molar-refractivity contribution in [3.8, 4) is 18.1 Å². The molecule has 1 aliphatic heterocycles. The van der Waals surface area contributed by atoms with E-state index in [4.69, 9.17) is 46.6 Å². The van der Waals surface area contributed by atoms with Crippen LogP contribution in [0.5, 0.6) is 5.75 Å². The quantitative estimate of drug-likeness (QED) is 0.376. The van der Waals surface area contributed by atoms with Gasteiger partial charge in [-0.2, -0.15) is 0 Å². The van der Waals surface area contributed by atoms with E-state index in [1.54, 1.807) is 18.2 Å². The summed E-state index contributed by atoms with van der Waals surface area (Å²) in [7, 11) is 0. The third kappa shape index (κ3) is 3.89. The van der Waals surface area contributed by atoms with Crippen LogP contribution in [0.2, 0.25) is 10.0 Å². The van der Waals surface area contributed by atoms with Crippen LogP contribution in [0.1, 0.15) is 5.56 Å². The molecule has 0 N–H and O–H groups in total. The monoisotopic (exact) mass is 419 g/mol. The molecule has 130 valence electrons. The summed E-state index contributed by atoms with van der Waals surface area (Å²) in [5.74, 6) is 2.49. The van der Waals surface area contributed by atoms with Crippen molar-refractivity contribution in [3.63, 3.8) is 0 Å². The van der Waals surface area contributed by atoms with E-state index in [-0.39, 0.29) is 12.5 Å². The minimum atomic E-state index is -0.189. The molecule has 3 nitrogen and oxygen atoms in total. The van der Waals surface area contributed by atoms with Crippen LogP contribution >= 0.6 is 47.2 Å². The third-order valence-electron chi connectivity index (χ3n) is 3.43. The lowest BCUT2D eigenvalue weighted by molar-refractivity contribution is -0.113. The van der Waals surface area contributed by atoms with Gasteiger partial charge in [0.1, 0.15) is 6.61 Å². The second-order valence-electron chi connectivity index (χ2n) is 5.16. The van der Waals surface area contributed by atoms with Crippen molar-refractivity contribution in [2.75, 3.05) is 11.5 Å².